The minimum Gasteiger partial charge on any atom is -0.462 e. The zero-order valence-corrected chi connectivity index (χ0v) is 22.5. The van der Waals surface area contributed by atoms with Gasteiger partial charge >= 0.3 is 5.97 Å². The van der Waals surface area contributed by atoms with Crippen molar-refractivity contribution in [1.82, 2.24) is 19.7 Å². The van der Waals surface area contributed by atoms with Crippen LogP contribution in [0.1, 0.15) is 59.7 Å². The van der Waals surface area contributed by atoms with Crippen molar-refractivity contribution in [3.8, 4) is 0 Å². The Hall–Kier alpha value is -2.69. The number of nitrogens with zero attached hydrogens (tertiary/aromatic N) is 4. The minimum absolute atomic E-state index is 0.165. The highest BCUT2D eigenvalue weighted by molar-refractivity contribution is 7.99. The zero-order chi connectivity index (χ0) is 25.3. The molecule has 0 unspecified atom stereocenters. The van der Waals surface area contributed by atoms with Gasteiger partial charge in [0, 0.05) is 4.88 Å². The SMILES string of the molecule is CCOC(=O)c1cc(CC)sc1NC(=O)CSc1nnc(CN2CCCCC2)n1Cc1ccccc1. The van der Waals surface area contributed by atoms with Crippen LogP contribution in [0, 0.1) is 0 Å². The number of amides is 1. The van der Waals surface area contributed by atoms with Crippen molar-refractivity contribution in [2.24, 2.45) is 0 Å². The van der Waals surface area contributed by atoms with E-state index in [0.717, 1.165) is 42.3 Å². The number of anilines is 1. The average Bonchev–Trinajstić information content (AvgIpc) is 3.48. The number of aromatic nitrogens is 3. The Balaban J connectivity index is 1.46. The fraction of sp³-hybridized carbons (Fsp3) is 0.462. The van der Waals surface area contributed by atoms with Gasteiger partial charge in [0.25, 0.3) is 0 Å². The molecule has 0 saturated carbocycles. The third kappa shape index (κ3) is 6.96. The molecule has 0 bridgehead atoms. The molecular weight excluding hydrogens is 494 g/mol. The number of hydrogen-bond donors (Lipinski definition) is 1. The van der Waals surface area contributed by atoms with Gasteiger partial charge in [-0.25, -0.2) is 4.79 Å². The summed E-state index contributed by atoms with van der Waals surface area (Å²) in [5, 5.41) is 13.1. The number of carbonyl (C=O) groups is 2. The first kappa shape index (κ1) is 26.4. The summed E-state index contributed by atoms with van der Waals surface area (Å²) in [4.78, 5) is 28.7. The summed E-state index contributed by atoms with van der Waals surface area (Å²) in [7, 11) is 0. The molecule has 3 heterocycles. The molecule has 0 spiro atoms. The Morgan fingerprint density at radius 3 is 2.58 bits per heavy atom. The first-order chi connectivity index (χ1) is 17.6. The van der Waals surface area contributed by atoms with E-state index in [2.05, 4.69) is 37.1 Å². The molecule has 36 heavy (non-hydrogen) atoms. The van der Waals surface area contributed by atoms with Gasteiger partial charge in [0.2, 0.25) is 5.91 Å². The van der Waals surface area contributed by atoms with E-state index in [9.17, 15) is 9.59 Å². The first-order valence-electron chi connectivity index (χ1n) is 12.5. The number of piperidine rings is 1. The van der Waals surface area contributed by atoms with Crippen molar-refractivity contribution in [3.63, 3.8) is 0 Å². The lowest BCUT2D eigenvalue weighted by molar-refractivity contribution is -0.113. The van der Waals surface area contributed by atoms with Crippen LogP contribution in [0.5, 0.6) is 0 Å². The minimum atomic E-state index is -0.415. The third-order valence-electron chi connectivity index (χ3n) is 6.00. The number of ether oxygens (including phenoxy) is 1. The van der Waals surface area contributed by atoms with Crippen LogP contribution in [0.25, 0.3) is 0 Å². The average molecular weight is 528 g/mol. The quantitative estimate of drug-likeness (QED) is 0.282. The normalized spacial score (nSPS) is 14.1. The van der Waals surface area contributed by atoms with E-state index >= 15 is 0 Å². The van der Waals surface area contributed by atoms with Crippen molar-refractivity contribution in [3.05, 3.63) is 58.2 Å². The Morgan fingerprint density at radius 1 is 1.08 bits per heavy atom. The van der Waals surface area contributed by atoms with Crippen LogP contribution < -0.4 is 5.32 Å². The van der Waals surface area contributed by atoms with Crippen LogP contribution in [0.3, 0.4) is 0 Å². The highest BCUT2D eigenvalue weighted by atomic mass is 32.2. The highest BCUT2D eigenvalue weighted by Gasteiger charge is 2.21. The van der Waals surface area contributed by atoms with Crippen LogP contribution in [0.2, 0.25) is 0 Å². The number of thiophene rings is 1. The number of esters is 1. The van der Waals surface area contributed by atoms with Crippen LogP contribution in [-0.2, 0) is 29.0 Å². The molecule has 1 aliphatic rings. The summed E-state index contributed by atoms with van der Waals surface area (Å²) in [6, 6.07) is 12.0. The van der Waals surface area contributed by atoms with Crippen molar-refractivity contribution in [2.45, 2.75) is 57.8 Å². The third-order valence-corrected chi connectivity index (χ3v) is 8.16. The van der Waals surface area contributed by atoms with Gasteiger partial charge in [0.05, 0.1) is 31.0 Å². The van der Waals surface area contributed by atoms with E-state index < -0.39 is 5.97 Å². The Bertz CT molecular complexity index is 1160. The maximum Gasteiger partial charge on any atom is 0.341 e. The van der Waals surface area contributed by atoms with Crippen LogP contribution in [0.4, 0.5) is 5.00 Å². The largest absolute Gasteiger partial charge is 0.462 e. The Labute approximate surface area is 220 Å². The molecule has 8 nitrogen and oxygen atoms in total. The van der Waals surface area contributed by atoms with Crippen LogP contribution in [-0.4, -0.2) is 57.0 Å². The lowest BCUT2D eigenvalue weighted by atomic mass is 10.1. The van der Waals surface area contributed by atoms with E-state index in [4.69, 9.17) is 4.74 Å². The molecule has 10 heteroatoms. The van der Waals surface area contributed by atoms with E-state index in [1.165, 1.54) is 42.4 Å². The predicted octanol–water partition coefficient (Wildman–Crippen LogP) is 4.84. The fourth-order valence-corrected chi connectivity index (χ4v) is 5.90. The first-order valence-corrected chi connectivity index (χ1v) is 14.3. The molecule has 2 aromatic heterocycles. The maximum atomic E-state index is 12.9. The monoisotopic (exact) mass is 527 g/mol. The van der Waals surface area contributed by atoms with E-state index in [1.54, 1.807) is 13.0 Å². The number of benzene rings is 1. The number of thioether (sulfide) groups is 1. The molecule has 1 N–H and O–H groups in total. The van der Waals surface area contributed by atoms with Gasteiger partial charge in [-0.1, -0.05) is 55.4 Å². The molecule has 0 atom stereocenters. The van der Waals surface area contributed by atoms with Crippen molar-refractivity contribution in [2.75, 3.05) is 30.8 Å². The lowest BCUT2D eigenvalue weighted by Gasteiger charge is -2.26. The summed E-state index contributed by atoms with van der Waals surface area (Å²) in [5.74, 6) is 0.473. The summed E-state index contributed by atoms with van der Waals surface area (Å²) in [5.41, 5.74) is 1.57. The summed E-state index contributed by atoms with van der Waals surface area (Å²) in [6.45, 7) is 7.63. The van der Waals surface area contributed by atoms with Crippen molar-refractivity contribution < 1.29 is 14.3 Å². The second-order valence-electron chi connectivity index (χ2n) is 8.67. The van der Waals surface area contributed by atoms with Gasteiger partial charge in [0.1, 0.15) is 10.8 Å². The molecule has 0 radical (unpaired) electrons. The van der Waals surface area contributed by atoms with Gasteiger partial charge in [-0.2, -0.15) is 0 Å². The summed E-state index contributed by atoms with van der Waals surface area (Å²) < 4.78 is 7.28. The molecule has 1 amide bonds. The number of aryl methyl sites for hydroxylation is 1. The zero-order valence-electron chi connectivity index (χ0n) is 20.9. The van der Waals surface area contributed by atoms with Gasteiger partial charge in [0.15, 0.2) is 5.16 Å². The summed E-state index contributed by atoms with van der Waals surface area (Å²) in [6.07, 6.45) is 4.49. The highest BCUT2D eigenvalue weighted by Crippen LogP contribution is 2.30. The topological polar surface area (TPSA) is 89.3 Å². The number of rotatable bonds is 11. The molecule has 192 valence electrons. The lowest BCUT2D eigenvalue weighted by Crippen LogP contribution is -2.30. The Kier molecular flexibility index (Phi) is 9.54. The molecule has 4 rings (SSSR count). The predicted molar refractivity (Wildman–Crippen MR) is 144 cm³/mol. The molecular formula is C26H33N5O3S2. The van der Waals surface area contributed by atoms with E-state index in [1.807, 2.05) is 25.1 Å². The standard InChI is InChI=1S/C26H33N5O3S2/c1-3-20-15-21(25(33)34-4-2)24(36-20)27-23(32)18-35-26-29-28-22(17-30-13-9-6-10-14-30)31(26)16-19-11-7-5-8-12-19/h5,7-8,11-12,15H,3-4,6,9-10,13-14,16-18H2,1-2H3,(H,27,32). The number of likely N-dealkylation sites (tertiary alicyclic amines) is 1. The molecule has 0 aliphatic carbocycles. The van der Waals surface area contributed by atoms with Crippen LogP contribution in [0.15, 0.2) is 41.6 Å². The molecule has 1 fully saturated rings. The van der Waals surface area contributed by atoms with Crippen LogP contribution >= 0.6 is 23.1 Å². The van der Waals surface area contributed by atoms with Gasteiger partial charge in [-0.05, 0) is 50.9 Å². The molecule has 3 aromatic rings. The summed E-state index contributed by atoms with van der Waals surface area (Å²) >= 11 is 2.77. The molecule has 1 saturated heterocycles. The maximum absolute atomic E-state index is 12.9. The fourth-order valence-electron chi connectivity index (χ4n) is 4.15. The van der Waals surface area contributed by atoms with Crippen molar-refractivity contribution >= 4 is 40.0 Å². The van der Waals surface area contributed by atoms with E-state index in [0.29, 0.717) is 22.3 Å². The number of carbonyl (C=O) groups excluding carboxylic acids is 2. The van der Waals surface area contributed by atoms with Gasteiger partial charge in [-0.15, -0.1) is 21.5 Å². The van der Waals surface area contributed by atoms with Gasteiger partial charge < -0.3 is 14.6 Å². The Morgan fingerprint density at radius 2 is 1.86 bits per heavy atom. The van der Waals surface area contributed by atoms with Gasteiger partial charge in [-0.3, -0.25) is 9.69 Å². The van der Waals surface area contributed by atoms with E-state index in [-0.39, 0.29) is 18.3 Å². The smallest absolute Gasteiger partial charge is 0.341 e. The molecule has 1 aliphatic heterocycles. The second-order valence-corrected chi connectivity index (χ2v) is 10.8. The number of nitrogens with one attached hydrogen (secondary N) is 1. The molecule has 1 aromatic carbocycles. The second kappa shape index (κ2) is 13.0. The van der Waals surface area contributed by atoms with Crippen molar-refractivity contribution in [1.29, 1.82) is 0 Å². The number of hydrogen-bond acceptors (Lipinski definition) is 8.